The lowest BCUT2D eigenvalue weighted by Gasteiger charge is -2.12. The maximum Gasteiger partial charge on any atom is 0.295 e. The number of H-pyrrole nitrogens is 1. The highest BCUT2D eigenvalue weighted by atomic mass is 19.1. The van der Waals surface area contributed by atoms with Crippen LogP contribution in [0, 0.1) is 5.82 Å². The lowest BCUT2D eigenvalue weighted by Crippen LogP contribution is -2.16. The summed E-state index contributed by atoms with van der Waals surface area (Å²) in [6.07, 6.45) is 0. The Morgan fingerprint density at radius 3 is 2.70 bits per heavy atom. The number of nitrogens with two attached hydrogens (primary N) is 1. The van der Waals surface area contributed by atoms with Crippen LogP contribution in [0.5, 0.6) is 0 Å². The number of carbonyl (C=O) groups is 1. The normalized spacial score (nSPS) is 11.4. The second-order valence-corrected chi connectivity index (χ2v) is 5.45. The van der Waals surface area contributed by atoms with Crippen LogP contribution in [0.2, 0.25) is 0 Å². The zero-order valence-corrected chi connectivity index (χ0v) is 11.5. The number of hydrogen-bond donors (Lipinski definition) is 3. The van der Waals surface area contributed by atoms with Crippen molar-refractivity contribution in [3.63, 3.8) is 0 Å². The van der Waals surface area contributed by atoms with Gasteiger partial charge in [-0.05, 0) is 18.2 Å². The second-order valence-electron chi connectivity index (χ2n) is 5.45. The molecule has 0 aliphatic rings. The third kappa shape index (κ3) is 2.93. The molecule has 0 spiro atoms. The summed E-state index contributed by atoms with van der Waals surface area (Å²) in [5.41, 5.74) is 5.64. The molecule has 0 unspecified atom stereocenters. The van der Waals surface area contributed by atoms with Gasteiger partial charge in [0.25, 0.3) is 5.91 Å². The summed E-state index contributed by atoms with van der Waals surface area (Å²) in [6, 6.07) is 3.93. The molecule has 106 valence electrons. The van der Waals surface area contributed by atoms with E-state index in [9.17, 15) is 9.18 Å². The highest BCUT2D eigenvalue weighted by Gasteiger charge is 2.21. The van der Waals surface area contributed by atoms with Gasteiger partial charge in [0.2, 0.25) is 5.82 Å². The number of hydrogen-bond acceptors (Lipinski definition) is 4. The van der Waals surface area contributed by atoms with Crippen molar-refractivity contribution in [2.75, 3.05) is 11.1 Å². The van der Waals surface area contributed by atoms with Gasteiger partial charge in [0.1, 0.15) is 11.6 Å². The largest absolute Gasteiger partial charge is 0.399 e. The molecule has 1 amide bonds. The molecule has 2 aromatic rings. The molecule has 0 saturated heterocycles. The quantitative estimate of drug-likeness (QED) is 0.732. The fraction of sp³-hybridized carbons (Fsp3) is 0.308. The number of nitrogens with one attached hydrogen (secondary N) is 2. The molecule has 4 N–H and O–H groups in total. The van der Waals surface area contributed by atoms with E-state index in [1.165, 1.54) is 18.2 Å². The van der Waals surface area contributed by atoms with Crippen LogP contribution in [0.4, 0.5) is 15.8 Å². The molecule has 0 fully saturated rings. The second kappa shape index (κ2) is 4.92. The molecular weight excluding hydrogens is 261 g/mol. The number of aromatic amines is 1. The minimum Gasteiger partial charge on any atom is -0.399 e. The highest BCUT2D eigenvalue weighted by molar-refractivity contribution is 6.01. The lowest BCUT2D eigenvalue weighted by atomic mass is 9.96. The van der Waals surface area contributed by atoms with Gasteiger partial charge in [-0.25, -0.2) is 9.37 Å². The first-order valence-corrected chi connectivity index (χ1v) is 6.06. The van der Waals surface area contributed by atoms with E-state index >= 15 is 0 Å². The molecule has 0 aliphatic carbocycles. The van der Waals surface area contributed by atoms with Crippen molar-refractivity contribution in [2.45, 2.75) is 26.2 Å². The van der Waals surface area contributed by atoms with Crippen molar-refractivity contribution in [3.8, 4) is 0 Å². The van der Waals surface area contributed by atoms with E-state index in [0.29, 0.717) is 11.5 Å². The molecule has 1 heterocycles. The van der Waals surface area contributed by atoms with Gasteiger partial charge >= 0.3 is 0 Å². The van der Waals surface area contributed by atoms with Crippen LogP contribution in [-0.4, -0.2) is 21.1 Å². The minimum absolute atomic E-state index is 0.00268. The van der Waals surface area contributed by atoms with E-state index in [0.717, 1.165) is 0 Å². The number of rotatable bonds is 2. The van der Waals surface area contributed by atoms with Crippen molar-refractivity contribution in [1.29, 1.82) is 0 Å². The van der Waals surface area contributed by atoms with Gasteiger partial charge in [0.15, 0.2) is 0 Å². The van der Waals surface area contributed by atoms with Crippen LogP contribution in [-0.2, 0) is 5.41 Å². The first-order valence-electron chi connectivity index (χ1n) is 6.06. The fourth-order valence-corrected chi connectivity index (χ4v) is 1.52. The van der Waals surface area contributed by atoms with E-state index < -0.39 is 11.7 Å². The Morgan fingerprint density at radius 2 is 2.10 bits per heavy atom. The van der Waals surface area contributed by atoms with Gasteiger partial charge < -0.3 is 11.1 Å². The Morgan fingerprint density at radius 1 is 1.40 bits per heavy atom. The molecule has 6 nitrogen and oxygen atoms in total. The van der Waals surface area contributed by atoms with E-state index in [4.69, 9.17) is 5.73 Å². The molecule has 0 saturated carbocycles. The standard InChI is InChI=1S/C13H16FN5O/c1-13(2,3)12-17-10(18-19-12)11(20)16-9-6-7(15)4-5-8(9)14/h4-6H,15H2,1-3H3,(H,16,20)(H,17,18,19). The first kappa shape index (κ1) is 14.0. The average molecular weight is 277 g/mol. The summed E-state index contributed by atoms with van der Waals surface area (Å²) in [5, 5.41) is 8.92. The molecule has 2 rings (SSSR count). The molecule has 0 radical (unpaired) electrons. The van der Waals surface area contributed by atoms with Gasteiger partial charge in [-0.2, -0.15) is 0 Å². The van der Waals surface area contributed by atoms with E-state index in [1.807, 2.05) is 20.8 Å². The minimum atomic E-state index is -0.596. The fourth-order valence-electron chi connectivity index (χ4n) is 1.52. The van der Waals surface area contributed by atoms with Crippen LogP contribution in [0.15, 0.2) is 18.2 Å². The maximum atomic E-state index is 13.5. The van der Waals surface area contributed by atoms with Crippen LogP contribution >= 0.6 is 0 Å². The number of halogens is 1. The number of nitrogens with zero attached hydrogens (tertiary/aromatic N) is 2. The third-order valence-corrected chi connectivity index (χ3v) is 2.64. The predicted octanol–water partition coefficient (Wildman–Crippen LogP) is 2.08. The Balaban J connectivity index is 2.20. The Hall–Kier alpha value is -2.44. The Kier molecular flexibility index (Phi) is 3.44. The smallest absolute Gasteiger partial charge is 0.295 e. The molecule has 0 atom stereocenters. The number of amides is 1. The van der Waals surface area contributed by atoms with Crippen molar-refractivity contribution >= 4 is 17.3 Å². The zero-order chi connectivity index (χ0) is 14.9. The molecule has 1 aromatic carbocycles. The zero-order valence-electron chi connectivity index (χ0n) is 11.5. The number of anilines is 2. The van der Waals surface area contributed by atoms with Gasteiger partial charge in [-0.15, -0.1) is 5.10 Å². The molecular formula is C13H16FN5O. The van der Waals surface area contributed by atoms with Crippen LogP contribution in [0.3, 0.4) is 0 Å². The predicted molar refractivity (Wildman–Crippen MR) is 73.8 cm³/mol. The average Bonchev–Trinajstić information content (AvgIpc) is 2.83. The summed E-state index contributed by atoms with van der Waals surface area (Å²) in [4.78, 5) is 16.1. The lowest BCUT2D eigenvalue weighted by molar-refractivity contribution is 0.101. The van der Waals surface area contributed by atoms with Crippen LogP contribution in [0.25, 0.3) is 0 Å². The van der Waals surface area contributed by atoms with Gasteiger partial charge in [0, 0.05) is 11.1 Å². The molecule has 1 aromatic heterocycles. The van der Waals surface area contributed by atoms with Crippen molar-refractivity contribution < 1.29 is 9.18 Å². The first-order chi connectivity index (χ1) is 9.27. The third-order valence-electron chi connectivity index (χ3n) is 2.64. The van der Waals surface area contributed by atoms with Gasteiger partial charge in [-0.1, -0.05) is 20.8 Å². The molecule has 20 heavy (non-hydrogen) atoms. The number of aromatic nitrogens is 3. The van der Waals surface area contributed by atoms with E-state index in [-0.39, 0.29) is 16.9 Å². The van der Waals surface area contributed by atoms with E-state index in [1.54, 1.807) is 0 Å². The Labute approximate surface area is 115 Å². The van der Waals surface area contributed by atoms with E-state index in [2.05, 4.69) is 20.5 Å². The number of benzene rings is 1. The van der Waals surface area contributed by atoms with Crippen molar-refractivity contribution in [1.82, 2.24) is 15.2 Å². The summed E-state index contributed by atoms with van der Waals surface area (Å²) in [7, 11) is 0. The van der Waals surface area contributed by atoms with Crippen molar-refractivity contribution in [2.24, 2.45) is 0 Å². The van der Waals surface area contributed by atoms with Crippen LogP contribution in [0.1, 0.15) is 37.2 Å². The highest BCUT2D eigenvalue weighted by Crippen LogP contribution is 2.19. The summed E-state index contributed by atoms with van der Waals surface area (Å²) < 4.78 is 13.5. The SMILES string of the molecule is CC(C)(C)c1nc(C(=O)Nc2cc(N)ccc2F)n[nH]1. The molecule has 0 bridgehead atoms. The number of nitrogen functional groups attached to an aromatic ring is 1. The van der Waals surface area contributed by atoms with Gasteiger partial charge in [-0.3, -0.25) is 9.89 Å². The maximum absolute atomic E-state index is 13.5. The Bertz CT molecular complexity index is 644. The van der Waals surface area contributed by atoms with Crippen molar-refractivity contribution in [3.05, 3.63) is 35.7 Å². The molecule has 7 heteroatoms. The summed E-state index contributed by atoms with van der Waals surface area (Å²) >= 11 is 0. The van der Waals surface area contributed by atoms with Gasteiger partial charge in [0.05, 0.1) is 5.69 Å². The monoisotopic (exact) mass is 277 g/mol. The topological polar surface area (TPSA) is 96.7 Å². The summed E-state index contributed by atoms with van der Waals surface area (Å²) in [5.74, 6) is -0.632. The molecule has 0 aliphatic heterocycles. The number of carbonyl (C=O) groups excluding carboxylic acids is 1. The van der Waals surface area contributed by atoms with Crippen LogP contribution < -0.4 is 11.1 Å². The summed E-state index contributed by atoms with van der Waals surface area (Å²) in [6.45, 7) is 5.81.